The fourth-order valence-electron chi connectivity index (χ4n) is 4.50. The quantitative estimate of drug-likeness (QED) is 0.284. The zero-order chi connectivity index (χ0) is 26.4. The Morgan fingerprint density at radius 3 is 2.32 bits per heavy atom. The van der Waals surface area contributed by atoms with Crippen molar-refractivity contribution in [1.29, 1.82) is 0 Å². The Balaban J connectivity index is 1.52. The van der Waals surface area contributed by atoms with Crippen LogP contribution in [-0.2, 0) is 20.7 Å². The highest BCUT2D eigenvalue weighted by atomic mass is 16.5. The van der Waals surface area contributed by atoms with Crippen molar-refractivity contribution >= 4 is 12.0 Å². The monoisotopic (exact) mass is 506 g/mol. The minimum absolute atomic E-state index is 0.00734. The van der Waals surface area contributed by atoms with Gasteiger partial charge in [-0.2, -0.15) is 0 Å². The van der Waals surface area contributed by atoms with Gasteiger partial charge in [0.2, 0.25) is 0 Å². The van der Waals surface area contributed by atoms with Gasteiger partial charge in [0.1, 0.15) is 5.75 Å². The number of carbonyl (C=O) groups is 1. The molecule has 0 amide bonds. The van der Waals surface area contributed by atoms with Crippen LogP contribution in [-0.4, -0.2) is 48.7 Å². The molecule has 0 radical (unpaired) electrons. The van der Waals surface area contributed by atoms with Gasteiger partial charge in [-0.3, -0.25) is 0 Å². The van der Waals surface area contributed by atoms with E-state index in [1.165, 1.54) is 20.3 Å². The van der Waals surface area contributed by atoms with Gasteiger partial charge in [-0.25, -0.2) is 4.79 Å². The van der Waals surface area contributed by atoms with Gasteiger partial charge in [0.05, 0.1) is 33.5 Å². The second-order valence-corrected chi connectivity index (χ2v) is 8.87. The normalized spacial score (nSPS) is 19.1. The minimum atomic E-state index is -0.493. The summed E-state index contributed by atoms with van der Waals surface area (Å²) in [6.45, 7) is 0.551. The predicted molar refractivity (Wildman–Crippen MR) is 137 cm³/mol. The fourth-order valence-corrected chi connectivity index (χ4v) is 4.50. The molecule has 1 fully saturated rings. The Labute approximate surface area is 215 Å². The third-order valence-electron chi connectivity index (χ3n) is 6.48. The van der Waals surface area contributed by atoms with Crippen LogP contribution in [0.2, 0.25) is 0 Å². The van der Waals surface area contributed by atoms with Crippen molar-refractivity contribution in [3.05, 3.63) is 83.4 Å². The Kier molecular flexibility index (Phi) is 8.20. The number of esters is 1. The summed E-state index contributed by atoms with van der Waals surface area (Å²) in [6, 6.07) is 16.7. The van der Waals surface area contributed by atoms with Gasteiger partial charge in [0.25, 0.3) is 0 Å². The number of carbonyl (C=O) groups excluding carboxylic acids is 1. The van der Waals surface area contributed by atoms with Gasteiger partial charge in [-0.1, -0.05) is 24.3 Å². The molecule has 4 rings (SSSR count). The van der Waals surface area contributed by atoms with Crippen molar-refractivity contribution in [2.75, 3.05) is 27.4 Å². The standard InChI is InChI=1S/C29H30O8/c1-34-26-14-19(5-10-24(26)31)13-21-16-37-29(20-7-11-25(32)27(15-20)35-2)23(21)17-36-28(33)12-6-18-3-8-22(30)9-4-18/h3-12,14-15,21,23,29-32H,13,16-17H2,1-2H3/t21-,23-,29+/m1/s1. The number of ether oxygens (including phenoxy) is 4. The Morgan fingerprint density at radius 1 is 0.946 bits per heavy atom. The van der Waals surface area contributed by atoms with Gasteiger partial charge in [0.15, 0.2) is 23.0 Å². The first-order valence-electron chi connectivity index (χ1n) is 11.9. The molecule has 8 heteroatoms. The Hall–Kier alpha value is -4.17. The lowest BCUT2D eigenvalue weighted by atomic mass is 9.84. The van der Waals surface area contributed by atoms with Crippen LogP contribution in [0, 0.1) is 11.8 Å². The van der Waals surface area contributed by atoms with E-state index in [9.17, 15) is 20.1 Å². The molecule has 37 heavy (non-hydrogen) atoms. The fraction of sp³-hybridized carbons (Fsp3) is 0.276. The highest BCUT2D eigenvalue weighted by Gasteiger charge is 2.39. The average Bonchev–Trinajstić information content (AvgIpc) is 3.30. The number of hydrogen-bond acceptors (Lipinski definition) is 8. The molecule has 0 aliphatic carbocycles. The van der Waals surface area contributed by atoms with Crippen LogP contribution < -0.4 is 9.47 Å². The lowest BCUT2D eigenvalue weighted by Crippen LogP contribution is -2.24. The van der Waals surface area contributed by atoms with E-state index in [-0.39, 0.29) is 41.8 Å². The van der Waals surface area contributed by atoms with Crippen molar-refractivity contribution < 1.29 is 39.1 Å². The van der Waals surface area contributed by atoms with Crippen molar-refractivity contribution in [3.63, 3.8) is 0 Å². The van der Waals surface area contributed by atoms with Crippen molar-refractivity contribution in [1.82, 2.24) is 0 Å². The number of phenolic OH excluding ortho intramolecular Hbond substituents is 3. The minimum Gasteiger partial charge on any atom is -0.508 e. The molecule has 1 heterocycles. The molecule has 3 atom stereocenters. The molecule has 3 aromatic carbocycles. The smallest absolute Gasteiger partial charge is 0.330 e. The maximum atomic E-state index is 12.5. The molecular weight excluding hydrogens is 476 g/mol. The summed E-state index contributed by atoms with van der Waals surface area (Å²) in [5.74, 6) is 0.294. The molecule has 1 aliphatic heterocycles. The van der Waals surface area contributed by atoms with E-state index in [1.807, 2.05) is 6.07 Å². The van der Waals surface area contributed by atoms with Crippen LogP contribution in [0.25, 0.3) is 6.08 Å². The number of phenols is 3. The van der Waals surface area contributed by atoms with Gasteiger partial charge in [-0.05, 0) is 71.5 Å². The second kappa shape index (κ2) is 11.7. The molecule has 1 aliphatic rings. The highest BCUT2D eigenvalue weighted by Crippen LogP contribution is 2.43. The summed E-state index contributed by atoms with van der Waals surface area (Å²) in [5, 5.41) is 29.4. The van der Waals surface area contributed by atoms with Gasteiger partial charge in [0, 0.05) is 12.0 Å². The zero-order valence-corrected chi connectivity index (χ0v) is 20.7. The largest absolute Gasteiger partial charge is 0.508 e. The molecule has 0 spiro atoms. The van der Waals surface area contributed by atoms with Crippen LogP contribution >= 0.6 is 0 Å². The van der Waals surface area contributed by atoms with E-state index in [2.05, 4.69) is 0 Å². The lowest BCUT2D eigenvalue weighted by Gasteiger charge is -2.23. The van der Waals surface area contributed by atoms with Crippen LogP contribution in [0.15, 0.2) is 66.7 Å². The van der Waals surface area contributed by atoms with Gasteiger partial charge < -0.3 is 34.3 Å². The summed E-state index contributed by atoms with van der Waals surface area (Å²) in [6.07, 6.45) is 3.21. The van der Waals surface area contributed by atoms with Crippen molar-refractivity contribution in [2.24, 2.45) is 11.8 Å². The first-order chi connectivity index (χ1) is 17.9. The molecule has 194 valence electrons. The molecule has 3 aromatic rings. The number of methoxy groups -OCH3 is 2. The topological polar surface area (TPSA) is 115 Å². The zero-order valence-electron chi connectivity index (χ0n) is 20.7. The molecule has 0 saturated carbocycles. The highest BCUT2D eigenvalue weighted by molar-refractivity contribution is 5.87. The molecule has 0 aromatic heterocycles. The summed E-state index contributed by atoms with van der Waals surface area (Å²) in [4.78, 5) is 12.5. The molecule has 1 saturated heterocycles. The summed E-state index contributed by atoms with van der Waals surface area (Å²) < 4.78 is 22.3. The first-order valence-corrected chi connectivity index (χ1v) is 11.9. The van der Waals surface area contributed by atoms with Crippen LogP contribution in [0.3, 0.4) is 0 Å². The molecule has 0 unspecified atom stereocenters. The molecule has 0 bridgehead atoms. The average molecular weight is 507 g/mol. The maximum absolute atomic E-state index is 12.5. The van der Waals surface area contributed by atoms with Crippen LogP contribution in [0.4, 0.5) is 0 Å². The Bertz CT molecular complexity index is 1250. The molecule has 8 nitrogen and oxygen atoms in total. The number of rotatable bonds is 9. The van der Waals surface area contributed by atoms with Crippen molar-refractivity contribution in [3.8, 4) is 28.7 Å². The van der Waals surface area contributed by atoms with Crippen LogP contribution in [0.1, 0.15) is 22.8 Å². The SMILES string of the molecule is COc1cc(C[C@@H]2CO[C@@H](c3ccc(O)c(OC)c3)[C@@H]2COC(=O)C=Cc2ccc(O)cc2)ccc1O. The third-order valence-corrected chi connectivity index (χ3v) is 6.48. The third kappa shape index (κ3) is 6.34. The van der Waals surface area contributed by atoms with Crippen molar-refractivity contribution in [2.45, 2.75) is 12.5 Å². The number of hydrogen-bond donors (Lipinski definition) is 3. The lowest BCUT2D eigenvalue weighted by molar-refractivity contribution is -0.139. The van der Waals surface area contributed by atoms with E-state index in [4.69, 9.17) is 18.9 Å². The Morgan fingerprint density at radius 2 is 1.62 bits per heavy atom. The van der Waals surface area contributed by atoms with E-state index in [0.717, 1.165) is 16.7 Å². The van der Waals surface area contributed by atoms with Gasteiger partial charge in [-0.15, -0.1) is 0 Å². The summed E-state index contributed by atoms with van der Waals surface area (Å²) in [5.41, 5.74) is 2.52. The van der Waals surface area contributed by atoms with E-state index in [0.29, 0.717) is 24.5 Å². The van der Waals surface area contributed by atoms with E-state index >= 15 is 0 Å². The van der Waals surface area contributed by atoms with Gasteiger partial charge >= 0.3 is 5.97 Å². The maximum Gasteiger partial charge on any atom is 0.330 e. The predicted octanol–water partition coefficient (Wildman–Crippen LogP) is 4.62. The van der Waals surface area contributed by atoms with E-state index in [1.54, 1.807) is 60.7 Å². The van der Waals surface area contributed by atoms with Crippen LogP contribution in [0.5, 0.6) is 28.7 Å². The number of aromatic hydroxyl groups is 3. The summed E-state index contributed by atoms with van der Waals surface area (Å²) in [7, 11) is 2.98. The summed E-state index contributed by atoms with van der Waals surface area (Å²) >= 11 is 0. The first kappa shape index (κ1) is 25.9. The van der Waals surface area contributed by atoms with E-state index < -0.39 is 5.97 Å². The molecule has 3 N–H and O–H groups in total. The molecular formula is C29H30O8. The second-order valence-electron chi connectivity index (χ2n) is 8.87. The number of benzene rings is 3.